The van der Waals surface area contributed by atoms with Gasteiger partial charge >= 0.3 is 0 Å². The summed E-state index contributed by atoms with van der Waals surface area (Å²) in [6.45, 7) is 1.90. The summed E-state index contributed by atoms with van der Waals surface area (Å²) >= 11 is 3.43. The van der Waals surface area contributed by atoms with E-state index in [0.29, 0.717) is 6.10 Å². The molecule has 0 atom stereocenters. The van der Waals surface area contributed by atoms with Gasteiger partial charge in [-0.25, -0.2) is 0 Å². The largest absolute Gasteiger partial charge is 0.399 e. The minimum absolute atomic E-state index is 0.371. The van der Waals surface area contributed by atoms with E-state index >= 15 is 0 Å². The number of methoxy groups -OCH3 is 1. The molecule has 2 N–H and O–H groups in total. The monoisotopic (exact) mass is 256 g/mol. The summed E-state index contributed by atoms with van der Waals surface area (Å²) in [7, 11) is 1.75. The summed E-state index contributed by atoms with van der Waals surface area (Å²) in [6.07, 6.45) is 0.371. The van der Waals surface area contributed by atoms with Crippen LogP contribution in [0.3, 0.4) is 0 Å². The number of nitrogen functional groups attached to an aromatic ring is 1. The Balaban J connectivity index is 2.10. The molecule has 0 saturated carbocycles. The molecule has 0 aliphatic carbocycles. The first-order valence-electron chi connectivity index (χ1n) is 4.53. The van der Waals surface area contributed by atoms with Crippen LogP contribution in [0.5, 0.6) is 0 Å². The van der Waals surface area contributed by atoms with Crippen LogP contribution in [0.1, 0.15) is 0 Å². The number of anilines is 2. The van der Waals surface area contributed by atoms with Crippen molar-refractivity contribution >= 4 is 27.3 Å². The maximum absolute atomic E-state index is 5.76. The molecule has 0 amide bonds. The zero-order chi connectivity index (χ0) is 10.1. The minimum atomic E-state index is 0.371. The highest BCUT2D eigenvalue weighted by atomic mass is 79.9. The number of rotatable bonds is 2. The van der Waals surface area contributed by atoms with Gasteiger partial charge in [-0.05, 0) is 18.2 Å². The maximum atomic E-state index is 5.76. The molecule has 0 radical (unpaired) electrons. The summed E-state index contributed by atoms with van der Waals surface area (Å²) < 4.78 is 6.24. The summed E-state index contributed by atoms with van der Waals surface area (Å²) in [4.78, 5) is 2.25. The van der Waals surface area contributed by atoms with Crippen molar-refractivity contribution in [1.82, 2.24) is 0 Å². The van der Waals surface area contributed by atoms with E-state index in [1.807, 2.05) is 12.1 Å². The molecule has 1 fully saturated rings. The van der Waals surface area contributed by atoms with E-state index in [2.05, 4.69) is 26.9 Å². The molecule has 1 aromatic carbocycles. The van der Waals surface area contributed by atoms with Gasteiger partial charge in [0.25, 0.3) is 0 Å². The topological polar surface area (TPSA) is 38.5 Å². The van der Waals surface area contributed by atoms with E-state index in [1.165, 1.54) is 0 Å². The minimum Gasteiger partial charge on any atom is -0.399 e. The first-order chi connectivity index (χ1) is 6.69. The lowest BCUT2D eigenvalue weighted by Gasteiger charge is -2.40. The first-order valence-corrected chi connectivity index (χ1v) is 5.32. The van der Waals surface area contributed by atoms with Crippen molar-refractivity contribution in [2.75, 3.05) is 30.8 Å². The molecule has 3 nitrogen and oxygen atoms in total. The normalized spacial score (nSPS) is 16.9. The van der Waals surface area contributed by atoms with Crippen LogP contribution in [0, 0.1) is 0 Å². The Bertz CT molecular complexity index is 317. The second kappa shape index (κ2) is 3.79. The quantitative estimate of drug-likeness (QED) is 0.822. The first kappa shape index (κ1) is 9.80. The van der Waals surface area contributed by atoms with Crippen LogP contribution >= 0.6 is 15.9 Å². The fourth-order valence-electron chi connectivity index (χ4n) is 1.58. The van der Waals surface area contributed by atoms with Gasteiger partial charge in [0.15, 0.2) is 0 Å². The van der Waals surface area contributed by atoms with Crippen LogP contribution < -0.4 is 10.6 Å². The van der Waals surface area contributed by atoms with Crippen molar-refractivity contribution in [1.29, 1.82) is 0 Å². The highest BCUT2D eigenvalue weighted by Gasteiger charge is 2.26. The number of halogens is 1. The number of hydrogen-bond donors (Lipinski definition) is 1. The molecule has 1 aliphatic rings. The third-order valence-corrected chi connectivity index (χ3v) is 2.91. The van der Waals surface area contributed by atoms with Gasteiger partial charge in [0.1, 0.15) is 0 Å². The van der Waals surface area contributed by atoms with Gasteiger partial charge in [0.2, 0.25) is 0 Å². The average molecular weight is 257 g/mol. The van der Waals surface area contributed by atoms with E-state index in [9.17, 15) is 0 Å². The van der Waals surface area contributed by atoms with E-state index < -0.39 is 0 Å². The molecule has 1 heterocycles. The number of ether oxygens (including phenoxy) is 1. The fraction of sp³-hybridized carbons (Fsp3) is 0.400. The molecule has 0 unspecified atom stereocenters. The predicted octanol–water partition coefficient (Wildman–Crippen LogP) is 1.87. The highest BCUT2D eigenvalue weighted by Crippen LogP contribution is 2.27. The average Bonchev–Trinajstić information content (AvgIpc) is 2.00. The van der Waals surface area contributed by atoms with Crippen molar-refractivity contribution in [2.45, 2.75) is 6.10 Å². The molecule has 0 spiro atoms. The van der Waals surface area contributed by atoms with Gasteiger partial charge < -0.3 is 15.4 Å². The van der Waals surface area contributed by atoms with Crippen LogP contribution in [-0.4, -0.2) is 26.3 Å². The van der Waals surface area contributed by atoms with Gasteiger partial charge in [0.05, 0.1) is 6.10 Å². The molecule has 14 heavy (non-hydrogen) atoms. The Hall–Kier alpha value is -0.740. The van der Waals surface area contributed by atoms with Gasteiger partial charge in [0, 0.05) is 36.0 Å². The molecule has 2 rings (SSSR count). The maximum Gasteiger partial charge on any atom is 0.0920 e. The van der Waals surface area contributed by atoms with Crippen molar-refractivity contribution in [3.63, 3.8) is 0 Å². The second-order valence-corrected chi connectivity index (χ2v) is 4.42. The molecular weight excluding hydrogens is 244 g/mol. The molecule has 76 valence electrons. The highest BCUT2D eigenvalue weighted by molar-refractivity contribution is 9.10. The van der Waals surface area contributed by atoms with Gasteiger partial charge in [-0.2, -0.15) is 0 Å². The lowest BCUT2D eigenvalue weighted by atomic mass is 10.1. The summed E-state index contributed by atoms with van der Waals surface area (Å²) in [5.74, 6) is 0. The lowest BCUT2D eigenvalue weighted by molar-refractivity contribution is 0.0788. The van der Waals surface area contributed by atoms with Crippen molar-refractivity contribution in [2.24, 2.45) is 0 Å². The SMILES string of the molecule is COC1CN(c2cc(N)cc(Br)c2)C1. The van der Waals surface area contributed by atoms with Gasteiger partial charge in [-0.3, -0.25) is 0 Å². The Morgan fingerprint density at radius 3 is 2.71 bits per heavy atom. The van der Waals surface area contributed by atoms with Crippen LogP contribution in [0.4, 0.5) is 11.4 Å². The van der Waals surface area contributed by atoms with E-state index in [1.54, 1.807) is 7.11 Å². The van der Waals surface area contributed by atoms with Crippen LogP contribution in [0.2, 0.25) is 0 Å². The van der Waals surface area contributed by atoms with Crippen molar-refractivity contribution in [3.05, 3.63) is 22.7 Å². The number of nitrogens with two attached hydrogens (primary N) is 1. The fourth-order valence-corrected chi connectivity index (χ4v) is 2.08. The Morgan fingerprint density at radius 2 is 2.14 bits per heavy atom. The summed E-state index contributed by atoms with van der Waals surface area (Å²) in [5.41, 5.74) is 7.70. The number of hydrogen-bond acceptors (Lipinski definition) is 3. The van der Waals surface area contributed by atoms with Crippen LogP contribution in [0.25, 0.3) is 0 Å². The Morgan fingerprint density at radius 1 is 1.43 bits per heavy atom. The van der Waals surface area contributed by atoms with E-state index in [4.69, 9.17) is 10.5 Å². The third kappa shape index (κ3) is 1.86. The molecule has 1 aromatic rings. The van der Waals surface area contributed by atoms with Crippen LogP contribution in [-0.2, 0) is 4.74 Å². The molecule has 4 heteroatoms. The lowest BCUT2D eigenvalue weighted by Crippen LogP contribution is -2.51. The molecule has 1 saturated heterocycles. The second-order valence-electron chi connectivity index (χ2n) is 3.51. The summed E-state index contributed by atoms with van der Waals surface area (Å²) in [6, 6.07) is 5.95. The van der Waals surface area contributed by atoms with Gasteiger partial charge in [-0.1, -0.05) is 15.9 Å². The van der Waals surface area contributed by atoms with Gasteiger partial charge in [-0.15, -0.1) is 0 Å². The van der Waals surface area contributed by atoms with Crippen molar-refractivity contribution < 1.29 is 4.74 Å². The smallest absolute Gasteiger partial charge is 0.0920 e. The third-order valence-electron chi connectivity index (χ3n) is 2.45. The summed E-state index contributed by atoms with van der Waals surface area (Å²) in [5, 5.41) is 0. The Labute approximate surface area is 92.0 Å². The number of benzene rings is 1. The zero-order valence-electron chi connectivity index (χ0n) is 8.03. The number of nitrogens with zero attached hydrogens (tertiary/aromatic N) is 1. The zero-order valence-corrected chi connectivity index (χ0v) is 9.62. The molecule has 0 bridgehead atoms. The molecular formula is C10H13BrN2O. The standard InChI is InChI=1S/C10H13BrN2O/c1-14-10-5-13(6-10)9-3-7(11)2-8(12)4-9/h2-4,10H,5-6,12H2,1H3. The van der Waals surface area contributed by atoms with E-state index in [0.717, 1.165) is 28.9 Å². The van der Waals surface area contributed by atoms with E-state index in [-0.39, 0.29) is 0 Å². The molecule has 1 aliphatic heterocycles. The van der Waals surface area contributed by atoms with Crippen molar-refractivity contribution in [3.8, 4) is 0 Å². The van der Waals surface area contributed by atoms with Crippen LogP contribution in [0.15, 0.2) is 22.7 Å². The Kier molecular flexibility index (Phi) is 2.65. The molecule has 0 aromatic heterocycles. The predicted molar refractivity (Wildman–Crippen MR) is 61.6 cm³/mol.